The van der Waals surface area contributed by atoms with Crippen LogP contribution in [0.15, 0.2) is 31.9 Å². The van der Waals surface area contributed by atoms with E-state index in [-0.39, 0.29) is 5.63 Å². The van der Waals surface area contributed by atoms with Crippen molar-refractivity contribution in [3.8, 4) is 0 Å². The van der Waals surface area contributed by atoms with E-state index in [4.69, 9.17) is 8.94 Å². The Bertz CT molecular complexity index is 979. The first-order valence-electron chi connectivity index (χ1n) is 8.93. The van der Waals surface area contributed by atoms with Gasteiger partial charge in [-0.1, -0.05) is 19.0 Å². The zero-order chi connectivity index (χ0) is 19.0. The maximum atomic E-state index is 12.0. The van der Waals surface area contributed by atoms with Gasteiger partial charge in [0.25, 0.3) is 0 Å². The van der Waals surface area contributed by atoms with Crippen LogP contribution < -0.4 is 5.63 Å². The fourth-order valence-corrected chi connectivity index (χ4v) is 3.49. The Hall–Kier alpha value is -2.40. The molecule has 3 aromatic rings. The monoisotopic (exact) mass is 354 g/mol. The van der Waals surface area contributed by atoms with Crippen LogP contribution >= 0.6 is 0 Å². The summed E-state index contributed by atoms with van der Waals surface area (Å²) in [5.41, 5.74) is 5.75. The molecule has 138 valence electrons. The average Bonchev–Trinajstić information content (AvgIpc) is 2.85. The number of rotatable bonds is 5. The second-order valence-corrected chi connectivity index (χ2v) is 7.43. The molecule has 2 heterocycles. The first kappa shape index (κ1) is 18.4. The summed E-state index contributed by atoms with van der Waals surface area (Å²) in [5, 5.41) is 5.02. The Morgan fingerprint density at radius 1 is 1.12 bits per heavy atom. The van der Waals surface area contributed by atoms with Crippen LogP contribution in [0.3, 0.4) is 0 Å². The molecule has 0 radical (unpaired) electrons. The van der Waals surface area contributed by atoms with Crippen molar-refractivity contribution in [2.75, 3.05) is 7.05 Å². The van der Waals surface area contributed by atoms with Gasteiger partial charge in [0.1, 0.15) is 11.3 Å². The van der Waals surface area contributed by atoms with Gasteiger partial charge in [0, 0.05) is 30.1 Å². The van der Waals surface area contributed by atoms with Crippen LogP contribution in [-0.4, -0.2) is 17.1 Å². The molecule has 0 N–H and O–H groups in total. The molecule has 26 heavy (non-hydrogen) atoms. The third kappa shape index (κ3) is 3.58. The summed E-state index contributed by atoms with van der Waals surface area (Å²) in [5.74, 6) is 1.25. The molecule has 0 fully saturated rings. The van der Waals surface area contributed by atoms with Crippen molar-refractivity contribution in [2.24, 2.45) is 0 Å². The van der Waals surface area contributed by atoms with E-state index in [1.807, 2.05) is 27.0 Å². The summed E-state index contributed by atoms with van der Waals surface area (Å²) in [7, 11) is 2.03. The second-order valence-electron chi connectivity index (χ2n) is 7.43. The van der Waals surface area contributed by atoms with Gasteiger partial charge in [0.05, 0.1) is 5.69 Å². The topological polar surface area (TPSA) is 59.5 Å². The number of nitrogens with zero attached hydrogens (tertiary/aromatic N) is 2. The van der Waals surface area contributed by atoms with Gasteiger partial charge in [-0.3, -0.25) is 4.90 Å². The molecule has 0 saturated carbocycles. The van der Waals surface area contributed by atoms with Crippen LogP contribution in [0.5, 0.6) is 0 Å². The van der Waals surface area contributed by atoms with Gasteiger partial charge < -0.3 is 8.94 Å². The Labute approximate surface area is 153 Å². The largest absolute Gasteiger partial charge is 0.423 e. The molecule has 3 rings (SSSR count). The third-order valence-corrected chi connectivity index (χ3v) is 4.89. The Kier molecular flexibility index (Phi) is 5.01. The molecule has 0 spiro atoms. The van der Waals surface area contributed by atoms with Crippen LogP contribution in [0, 0.1) is 20.8 Å². The highest BCUT2D eigenvalue weighted by Crippen LogP contribution is 2.27. The minimum atomic E-state index is -0.310. The summed E-state index contributed by atoms with van der Waals surface area (Å²) in [6, 6.07) is 5.74. The van der Waals surface area contributed by atoms with E-state index in [1.54, 1.807) is 6.07 Å². The number of fused-ring (bicyclic) bond motifs is 1. The fourth-order valence-electron chi connectivity index (χ4n) is 3.49. The fraction of sp³-hybridized carbons (Fsp3) is 0.429. The van der Waals surface area contributed by atoms with Gasteiger partial charge in [0.2, 0.25) is 0 Å². The van der Waals surface area contributed by atoms with E-state index >= 15 is 0 Å². The van der Waals surface area contributed by atoms with Crippen LogP contribution in [0.2, 0.25) is 0 Å². The zero-order valence-corrected chi connectivity index (χ0v) is 16.3. The summed E-state index contributed by atoms with van der Waals surface area (Å²) in [6.07, 6.45) is 0. The lowest BCUT2D eigenvalue weighted by molar-refractivity contribution is 0.315. The molecule has 2 aromatic heterocycles. The highest BCUT2D eigenvalue weighted by molar-refractivity contribution is 5.82. The quantitative estimate of drug-likeness (QED) is 0.633. The van der Waals surface area contributed by atoms with Gasteiger partial charge in [-0.15, -0.1) is 0 Å². The molecule has 0 unspecified atom stereocenters. The van der Waals surface area contributed by atoms with Crippen LogP contribution in [0.25, 0.3) is 11.0 Å². The van der Waals surface area contributed by atoms with Crippen molar-refractivity contribution in [1.29, 1.82) is 0 Å². The molecular formula is C21H26N2O3. The predicted octanol–water partition coefficient (Wildman–Crippen LogP) is 4.46. The molecule has 0 saturated heterocycles. The van der Waals surface area contributed by atoms with Crippen molar-refractivity contribution < 1.29 is 8.94 Å². The normalized spacial score (nSPS) is 11.8. The lowest BCUT2D eigenvalue weighted by Gasteiger charge is -2.18. The highest BCUT2D eigenvalue weighted by Gasteiger charge is 2.15. The molecule has 0 bridgehead atoms. The molecule has 5 heteroatoms. The SMILES string of the molecule is Cc1cc2oc(=O)cc(CN(C)Cc3c(C)noc3C)c2cc1C(C)C. The summed E-state index contributed by atoms with van der Waals surface area (Å²) in [6.45, 7) is 11.6. The first-order valence-corrected chi connectivity index (χ1v) is 8.93. The third-order valence-electron chi connectivity index (χ3n) is 4.89. The lowest BCUT2D eigenvalue weighted by atomic mass is 9.95. The van der Waals surface area contributed by atoms with Crippen molar-refractivity contribution >= 4 is 11.0 Å². The number of aromatic nitrogens is 1. The van der Waals surface area contributed by atoms with Crippen molar-refractivity contribution in [1.82, 2.24) is 10.1 Å². The van der Waals surface area contributed by atoms with E-state index < -0.39 is 0 Å². The molecule has 0 amide bonds. The van der Waals surface area contributed by atoms with Gasteiger partial charge in [0.15, 0.2) is 0 Å². The molecule has 0 aliphatic carbocycles. The van der Waals surface area contributed by atoms with Crippen LogP contribution in [0.4, 0.5) is 0 Å². The van der Waals surface area contributed by atoms with Crippen molar-refractivity contribution in [3.05, 3.63) is 62.3 Å². The van der Waals surface area contributed by atoms with E-state index in [0.717, 1.165) is 33.5 Å². The molecule has 0 aliphatic heterocycles. The van der Waals surface area contributed by atoms with Crippen LogP contribution in [-0.2, 0) is 13.1 Å². The number of aryl methyl sites for hydroxylation is 3. The van der Waals surface area contributed by atoms with Gasteiger partial charge >= 0.3 is 5.63 Å². The zero-order valence-electron chi connectivity index (χ0n) is 16.3. The minimum absolute atomic E-state index is 0.310. The predicted molar refractivity (Wildman–Crippen MR) is 102 cm³/mol. The highest BCUT2D eigenvalue weighted by atomic mass is 16.5. The Morgan fingerprint density at radius 3 is 2.46 bits per heavy atom. The van der Waals surface area contributed by atoms with E-state index in [2.05, 4.69) is 36.9 Å². The Balaban J connectivity index is 1.98. The summed E-state index contributed by atoms with van der Waals surface area (Å²) < 4.78 is 10.7. The van der Waals surface area contributed by atoms with Crippen molar-refractivity contribution in [3.63, 3.8) is 0 Å². The smallest absolute Gasteiger partial charge is 0.336 e. The van der Waals surface area contributed by atoms with Gasteiger partial charge in [-0.05, 0) is 62.6 Å². The molecule has 1 aromatic carbocycles. The summed E-state index contributed by atoms with van der Waals surface area (Å²) in [4.78, 5) is 14.2. The maximum Gasteiger partial charge on any atom is 0.336 e. The summed E-state index contributed by atoms with van der Waals surface area (Å²) >= 11 is 0. The van der Waals surface area contributed by atoms with E-state index in [0.29, 0.717) is 24.6 Å². The van der Waals surface area contributed by atoms with E-state index in [9.17, 15) is 4.79 Å². The second kappa shape index (κ2) is 7.08. The number of hydrogen-bond acceptors (Lipinski definition) is 5. The maximum absolute atomic E-state index is 12.0. The lowest BCUT2D eigenvalue weighted by Crippen LogP contribution is -2.19. The molecular weight excluding hydrogens is 328 g/mol. The first-order chi connectivity index (χ1) is 12.3. The number of hydrogen-bond donors (Lipinski definition) is 0. The Morgan fingerprint density at radius 2 is 1.85 bits per heavy atom. The minimum Gasteiger partial charge on any atom is -0.423 e. The van der Waals surface area contributed by atoms with Gasteiger partial charge in [-0.2, -0.15) is 0 Å². The number of benzene rings is 1. The molecule has 5 nitrogen and oxygen atoms in total. The standard InChI is InChI=1S/C21H26N2O3/c1-12(2)17-9-18-16(8-21(24)25-20(18)7-13(17)3)10-23(6)11-19-14(4)22-26-15(19)5/h7-9,12H,10-11H2,1-6H3. The van der Waals surface area contributed by atoms with E-state index in [1.165, 1.54) is 5.56 Å². The van der Waals surface area contributed by atoms with Gasteiger partial charge in [-0.25, -0.2) is 4.79 Å². The molecule has 0 atom stereocenters. The van der Waals surface area contributed by atoms with Crippen LogP contribution in [0.1, 0.15) is 53.5 Å². The molecule has 0 aliphatic rings. The average molecular weight is 354 g/mol. The van der Waals surface area contributed by atoms with Crippen molar-refractivity contribution in [2.45, 2.75) is 53.6 Å².